The first-order valence-electron chi connectivity index (χ1n) is 35.9. The summed E-state index contributed by atoms with van der Waals surface area (Å²) in [6, 6.07) is 28.0. The second kappa shape index (κ2) is 39.3. The van der Waals surface area contributed by atoms with Gasteiger partial charge in [0.1, 0.15) is 24.4 Å². The highest BCUT2D eigenvalue weighted by molar-refractivity contribution is 5.91. The lowest BCUT2D eigenvalue weighted by molar-refractivity contribution is -0.213. The first-order chi connectivity index (χ1) is 47.2. The normalized spacial score (nSPS) is 21.4. The van der Waals surface area contributed by atoms with Gasteiger partial charge in [-0.3, -0.25) is 0 Å². The van der Waals surface area contributed by atoms with Crippen molar-refractivity contribution in [1.82, 2.24) is 0 Å². The highest BCUT2D eigenvalue weighted by Crippen LogP contribution is 2.63. The average Bonchev–Trinajstić information content (AvgIpc) is 0.734. The van der Waals surface area contributed by atoms with Crippen molar-refractivity contribution in [3.05, 3.63) is 142 Å². The lowest BCUT2D eigenvalue weighted by Gasteiger charge is -2.60. The van der Waals surface area contributed by atoms with Gasteiger partial charge in [0.2, 0.25) is 0 Å². The molecule has 8 rings (SSSR count). The van der Waals surface area contributed by atoms with E-state index in [9.17, 15) is 38.4 Å². The molecule has 0 heterocycles. The van der Waals surface area contributed by atoms with Gasteiger partial charge >= 0.3 is 48.5 Å². The minimum absolute atomic E-state index is 0.0536. The fourth-order valence-corrected chi connectivity index (χ4v) is 15.4. The smallest absolute Gasteiger partial charge is 0.428 e. The van der Waals surface area contributed by atoms with Crippen LogP contribution in [0.25, 0.3) is 0 Å². The number of aryl methyl sites for hydroxylation is 4. The van der Waals surface area contributed by atoms with Gasteiger partial charge in [0, 0.05) is 0 Å². The summed E-state index contributed by atoms with van der Waals surface area (Å²) in [6.45, 7) is 8.56. The van der Waals surface area contributed by atoms with Crippen LogP contribution in [0.3, 0.4) is 0 Å². The van der Waals surface area contributed by atoms with Crippen LogP contribution in [0, 0.1) is 29.1 Å². The fraction of sp³-hybridized carbons (Fsp3) is 0.584. The van der Waals surface area contributed by atoms with Crippen molar-refractivity contribution in [1.29, 1.82) is 0 Å². The fourth-order valence-electron chi connectivity index (χ4n) is 15.4. The number of hydrogen-bond donors (Lipinski definition) is 0. The molecule has 528 valence electrons. The third kappa shape index (κ3) is 23.0. The maximum atomic E-state index is 13.2. The molecule has 97 heavy (non-hydrogen) atoms. The Bertz CT molecular complexity index is 2670. The molecule has 0 unspecified atom stereocenters. The molecular formula is C77H100O20. The largest absolute Gasteiger partial charge is 0.550 e. The maximum Gasteiger partial charge on any atom is 0.550 e. The molecule has 0 bridgehead atoms. The molecule has 0 amide bonds. The van der Waals surface area contributed by atoms with Gasteiger partial charge in [-0.15, -0.1) is 0 Å². The standard InChI is InChI=1S/C77H100O20/c1-5-9-13-17-53-21-29-57(30-22-53)69(78)90-94-73(82)86-65-45-37-61(38-46-65)77(62-39-47-66(48-40-62)87-74(83)95-91-70(79)58-31-23-54(24-32-58)18-14-10-6-2,63-41-49-67(50-42-63)88-75(84)96-92-71(80)59-33-25-55(26-34-59)19-15-11-7-3)64-43-51-68(52-44-64)89-76(85)97-93-72(81)60-35-27-56(28-36-60)20-16-12-8-4/h21-36,61-68H,5-20,37-52H2,1-4H3. The van der Waals surface area contributed by atoms with E-state index in [2.05, 4.69) is 27.7 Å². The second-order valence-electron chi connectivity index (χ2n) is 26.8. The molecule has 0 atom stereocenters. The summed E-state index contributed by atoms with van der Waals surface area (Å²) in [7, 11) is 0. The summed E-state index contributed by atoms with van der Waals surface area (Å²) < 4.78 is 23.3. The van der Waals surface area contributed by atoms with E-state index < -0.39 is 78.3 Å². The van der Waals surface area contributed by atoms with Gasteiger partial charge < -0.3 is 18.9 Å². The van der Waals surface area contributed by atoms with Crippen molar-refractivity contribution < 1.29 is 96.4 Å². The number of carbonyl (C=O) groups is 8. The monoisotopic (exact) mass is 1340 g/mol. The number of benzene rings is 4. The second-order valence-corrected chi connectivity index (χ2v) is 26.8. The number of unbranched alkanes of at least 4 members (excludes halogenated alkanes) is 8. The Morgan fingerprint density at radius 2 is 0.454 bits per heavy atom. The summed E-state index contributed by atoms with van der Waals surface area (Å²) in [5, 5.41) is 0. The van der Waals surface area contributed by atoms with E-state index in [4.69, 9.17) is 58.0 Å². The summed E-state index contributed by atoms with van der Waals surface area (Å²) in [5.74, 6) is -3.10. The lowest BCUT2D eigenvalue weighted by atomic mass is 9.45. The molecule has 4 aliphatic carbocycles. The van der Waals surface area contributed by atoms with Crippen LogP contribution in [0.4, 0.5) is 19.2 Å². The van der Waals surface area contributed by atoms with Crippen LogP contribution in [-0.4, -0.2) is 72.9 Å². The predicted octanol–water partition coefficient (Wildman–Crippen LogP) is 18.8. The van der Waals surface area contributed by atoms with Gasteiger partial charge in [0.15, 0.2) is 0 Å². The molecule has 20 heteroatoms. The highest BCUT2D eigenvalue weighted by atomic mass is 17.3. The first-order valence-corrected chi connectivity index (χ1v) is 35.9. The third-order valence-electron chi connectivity index (χ3n) is 20.4. The summed E-state index contributed by atoms with van der Waals surface area (Å²) in [5.41, 5.74) is 4.85. The zero-order valence-electron chi connectivity index (χ0n) is 57.1. The molecule has 4 aromatic carbocycles. The molecule has 4 saturated carbocycles. The number of carbonyl (C=O) groups excluding carboxylic acids is 8. The van der Waals surface area contributed by atoms with Crippen LogP contribution in [0.2, 0.25) is 0 Å². The molecule has 0 radical (unpaired) electrons. The SMILES string of the molecule is CCCCCc1ccc(C(=O)OOC(=O)OC2CCC(C(C3CCC(OC(=O)OOC(=O)c4ccc(CCCCC)cc4)CC3)(C3CCC(OC(=O)OOC(=O)c4ccc(CCCCC)cc4)CC3)C3CCC(OC(=O)OOC(=O)c4ccc(CCCCC)cc4)CC3)CC2)cc1. The molecule has 0 aliphatic heterocycles. The van der Waals surface area contributed by atoms with Crippen molar-refractivity contribution >= 4 is 48.5 Å². The van der Waals surface area contributed by atoms with Crippen molar-refractivity contribution in [3.63, 3.8) is 0 Å². The quantitative estimate of drug-likeness (QED) is 0.0168. The number of ether oxygens (including phenoxy) is 4. The molecule has 0 aromatic heterocycles. The molecule has 0 N–H and O–H groups in total. The Morgan fingerprint density at radius 1 is 0.268 bits per heavy atom. The van der Waals surface area contributed by atoms with Gasteiger partial charge in [0.25, 0.3) is 0 Å². The topological polar surface area (TPSA) is 247 Å². The number of rotatable bonds is 28. The Hall–Kier alpha value is -8.16. The summed E-state index contributed by atoms with van der Waals surface area (Å²) in [4.78, 5) is 144. The summed E-state index contributed by atoms with van der Waals surface area (Å²) >= 11 is 0. The highest BCUT2D eigenvalue weighted by Gasteiger charge is 2.57. The molecule has 4 aliphatic rings. The Labute approximate surface area is 570 Å². The molecule has 4 fully saturated rings. The third-order valence-corrected chi connectivity index (χ3v) is 20.4. The lowest BCUT2D eigenvalue weighted by Crippen LogP contribution is -2.54. The van der Waals surface area contributed by atoms with Gasteiger partial charge in [-0.1, -0.05) is 128 Å². The van der Waals surface area contributed by atoms with Crippen LogP contribution >= 0.6 is 0 Å². The van der Waals surface area contributed by atoms with E-state index in [0.717, 1.165) is 125 Å². The molecule has 4 aromatic rings. The minimum Gasteiger partial charge on any atom is -0.428 e. The van der Waals surface area contributed by atoms with Crippen LogP contribution in [0.5, 0.6) is 0 Å². The van der Waals surface area contributed by atoms with Crippen LogP contribution in [0.1, 0.15) is 271 Å². The zero-order chi connectivity index (χ0) is 68.8. The van der Waals surface area contributed by atoms with Gasteiger partial charge in [-0.25, -0.2) is 58.3 Å². The Kier molecular flexibility index (Phi) is 30.2. The van der Waals surface area contributed by atoms with E-state index in [1.54, 1.807) is 48.5 Å². The van der Waals surface area contributed by atoms with Crippen molar-refractivity contribution in [2.24, 2.45) is 29.1 Å². The number of hydrogen-bond acceptors (Lipinski definition) is 20. The van der Waals surface area contributed by atoms with Crippen LogP contribution in [0.15, 0.2) is 97.1 Å². The van der Waals surface area contributed by atoms with E-state index in [-0.39, 0.29) is 45.9 Å². The first kappa shape index (κ1) is 74.6. The Balaban J connectivity index is 0.951. The molecule has 0 saturated heterocycles. The molecular weight excluding hydrogens is 1240 g/mol. The van der Waals surface area contributed by atoms with Crippen LogP contribution < -0.4 is 0 Å². The van der Waals surface area contributed by atoms with Gasteiger partial charge in [-0.2, -0.15) is 19.2 Å². The van der Waals surface area contributed by atoms with E-state index >= 15 is 0 Å². The van der Waals surface area contributed by atoms with Crippen molar-refractivity contribution in [2.75, 3.05) is 0 Å². The van der Waals surface area contributed by atoms with E-state index in [1.807, 2.05) is 48.5 Å². The van der Waals surface area contributed by atoms with E-state index in [0.29, 0.717) is 103 Å². The van der Waals surface area contributed by atoms with E-state index in [1.165, 1.54) is 0 Å². The zero-order valence-corrected chi connectivity index (χ0v) is 57.1. The maximum absolute atomic E-state index is 13.2. The molecule has 0 spiro atoms. The van der Waals surface area contributed by atoms with Gasteiger partial charge in [0.05, 0.1) is 22.3 Å². The summed E-state index contributed by atoms with van der Waals surface area (Å²) in [6.07, 6.45) is 18.7. The van der Waals surface area contributed by atoms with Crippen LogP contribution in [-0.2, 0) is 83.7 Å². The van der Waals surface area contributed by atoms with Gasteiger partial charge in [-0.05, 0) is 254 Å². The minimum atomic E-state index is -1.13. The molecule has 20 nitrogen and oxygen atoms in total. The van der Waals surface area contributed by atoms with Crippen molar-refractivity contribution in [2.45, 2.75) is 258 Å². The predicted molar refractivity (Wildman–Crippen MR) is 356 cm³/mol. The Morgan fingerprint density at radius 3 is 0.629 bits per heavy atom. The van der Waals surface area contributed by atoms with Crippen molar-refractivity contribution in [3.8, 4) is 0 Å². The average molecular weight is 1350 g/mol.